The van der Waals surface area contributed by atoms with E-state index in [1.165, 1.54) is 83.5 Å². The molecule has 1 N–H and O–H groups in total. The van der Waals surface area contributed by atoms with E-state index < -0.39 is 0 Å². The van der Waals surface area contributed by atoms with E-state index in [4.69, 9.17) is 0 Å². The van der Waals surface area contributed by atoms with E-state index in [1.54, 1.807) is 12.2 Å². The molecule has 0 atom stereocenters. The van der Waals surface area contributed by atoms with Crippen molar-refractivity contribution in [2.75, 3.05) is 6.54 Å². The molecular formula is C22H41NO. The highest BCUT2D eigenvalue weighted by molar-refractivity contribution is 5.87. The van der Waals surface area contributed by atoms with Crippen LogP contribution in [0.15, 0.2) is 24.3 Å². The Bertz CT molecular complexity index is 320. The lowest BCUT2D eigenvalue weighted by Crippen LogP contribution is -2.21. The fourth-order valence-electron chi connectivity index (χ4n) is 2.84. The van der Waals surface area contributed by atoms with Crippen LogP contribution in [0.4, 0.5) is 0 Å². The molecule has 0 heterocycles. The number of amides is 1. The number of allylic oxidation sites excluding steroid dienone is 3. The number of hydrogen-bond acceptors (Lipinski definition) is 1. The van der Waals surface area contributed by atoms with Gasteiger partial charge in [-0.2, -0.15) is 0 Å². The van der Waals surface area contributed by atoms with E-state index in [1.807, 2.05) is 19.1 Å². The third-order valence-corrected chi connectivity index (χ3v) is 4.38. The average Bonchev–Trinajstić information content (AvgIpc) is 2.58. The van der Waals surface area contributed by atoms with E-state index in [9.17, 15) is 4.79 Å². The van der Waals surface area contributed by atoms with Crippen molar-refractivity contribution in [3.05, 3.63) is 24.3 Å². The van der Waals surface area contributed by atoms with Gasteiger partial charge in [0, 0.05) is 12.6 Å². The number of hydrogen-bond donors (Lipinski definition) is 1. The zero-order valence-corrected chi connectivity index (χ0v) is 16.3. The van der Waals surface area contributed by atoms with Crippen LogP contribution < -0.4 is 5.32 Å². The van der Waals surface area contributed by atoms with Crippen LogP contribution in [0.2, 0.25) is 0 Å². The second-order valence-corrected chi connectivity index (χ2v) is 6.77. The maximum atomic E-state index is 11.4. The highest BCUT2D eigenvalue weighted by Gasteiger charge is 1.95. The number of unbranched alkanes of at least 4 members (excludes halogenated alkanes) is 13. The van der Waals surface area contributed by atoms with Crippen LogP contribution in [-0.4, -0.2) is 12.5 Å². The minimum absolute atomic E-state index is 0.0165. The molecule has 0 aliphatic carbocycles. The SMILES string of the molecule is C/C=C/C=C/C(=O)NCCCCCCCCCCCCCCCC. The summed E-state index contributed by atoms with van der Waals surface area (Å²) in [5, 5.41) is 2.93. The molecule has 24 heavy (non-hydrogen) atoms. The summed E-state index contributed by atoms with van der Waals surface area (Å²) in [7, 11) is 0. The predicted molar refractivity (Wildman–Crippen MR) is 107 cm³/mol. The van der Waals surface area contributed by atoms with Gasteiger partial charge in [0.1, 0.15) is 0 Å². The summed E-state index contributed by atoms with van der Waals surface area (Å²) in [6, 6.07) is 0. The van der Waals surface area contributed by atoms with Crippen molar-refractivity contribution in [1.29, 1.82) is 0 Å². The zero-order valence-electron chi connectivity index (χ0n) is 16.3. The average molecular weight is 336 g/mol. The third kappa shape index (κ3) is 19.0. The lowest BCUT2D eigenvalue weighted by Gasteiger charge is -2.04. The zero-order chi connectivity index (χ0) is 17.7. The number of rotatable bonds is 17. The highest BCUT2D eigenvalue weighted by Crippen LogP contribution is 2.12. The Hall–Kier alpha value is -1.05. The van der Waals surface area contributed by atoms with Crippen LogP contribution in [0.5, 0.6) is 0 Å². The summed E-state index contributed by atoms with van der Waals surface area (Å²) in [5.41, 5.74) is 0. The number of carbonyl (C=O) groups is 1. The molecule has 0 aromatic rings. The monoisotopic (exact) mass is 335 g/mol. The maximum Gasteiger partial charge on any atom is 0.243 e. The van der Waals surface area contributed by atoms with E-state index >= 15 is 0 Å². The summed E-state index contributed by atoms with van der Waals surface area (Å²) in [6.07, 6.45) is 26.3. The van der Waals surface area contributed by atoms with E-state index in [-0.39, 0.29) is 5.91 Å². The molecule has 0 spiro atoms. The lowest BCUT2D eigenvalue weighted by atomic mass is 10.0. The normalized spacial score (nSPS) is 11.6. The largest absolute Gasteiger partial charge is 0.353 e. The van der Waals surface area contributed by atoms with Crippen LogP contribution in [0, 0.1) is 0 Å². The molecule has 0 fully saturated rings. The Morgan fingerprint density at radius 2 is 1.17 bits per heavy atom. The maximum absolute atomic E-state index is 11.4. The first-order chi connectivity index (χ1) is 11.8. The Morgan fingerprint density at radius 1 is 0.708 bits per heavy atom. The third-order valence-electron chi connectivity index (χ3n) is 4.38. The topological polar surface area (TPSA) is 29.1 Å². The van der Waals surface area contributed by atoms with E-state index in [0.717, 1.165) is 13.0 Å². The summed E-state index contributed by atoms with van der Waals surface area (Å²) in [6.45, 7) is 5.02. The molecule has 0 saturated heterocycles. The van der Waals surface area contributed by atoms with Gasteiger partial charge in [-0.05, 0) is 13.3 Å². The van der Waals surface area contributed by atoms with Crippen LogP contribution in [-0.2, 0) is 4.79 Å². The van der Waals surface area contributed by atoms with Crippen molar-refractivity contribution in [2.45, 2.75) is 104 Å². The molecule has 1 amide bonds. The molecule has 0 aromatic heterocycles. The molecule has 0 aliphatic rings. The second kappa shape index (κ2) is 20.0. The van der Waals surface area contributed by atoms with Gasteiger partial charge in [-0.3, -0.25) is 4.79 Å². The van der Waals surface area contributed by atoms with Gasteiger partial charge in [0.2, 0.25) is 5.91 Å². The van der Waals surface area contributed by atoms with Gasteiger partial charge < -0.3 is 5.32 Å². The Labute approximate surface area is 151 Å². The van der Waals surface area contributed by atoms with Crippen molar-refractivity contribution in [2.24, 2.45) is 0 Å². The minimum atomic E-state index is 0.0165. The molecule has 140 valence electrons. The summed E-state index contributed by atoms with van der Waals surface area (Å²) in [5.74, 6) is 0.0165. The summed E-state index contributed by atoms with van der Waals surface area (Å²) < 4.78 is 0. The molecule has 0 unspecified atom stereocenters. The smallest absolute Gasteiger partial charge is 0.243 e. The predicted octanol–water partition coefficient (Wildman–Crippen LogP) is 6.72. The molecule has 0 rings (SSSR count). The Kier molecular flexibility index (Phi) is 19.1. The number of nitrogens with one attached hydrogen (secondary N) is 1. The quantitative estimate of drug-likeness (QED) is 0.178. The fraction of sp³-hybridized carbons (Fsp3) is 0.773. The molecule has 0 aliphatic heterocycles. The highest BCUT2D eigenvalue weighted by atomic mass is 16.1. The van der Waals surface area contributed by atoms with Gasteiger partial charge in [0.05, 0.1) is 0 Å². The van der Waals surface area contributed by atoms with Gasteiger partial charge >= 0.3 is 0 Å². The van der Waals surface area contributed by atoms with Gasteiger partial charge in [0.25, 0.3) is 0 Å². The van der Waals surface area contributed by atoms with Crippen molar-refractivity contribution in [3.8, 4) is 0 Å². The molecule has 0 aromatic carbocycles. The number of carbonyl (C=O) groups excluding carboxylic acids is 1. The van der Waals surface area contributed by atoms with Crippen LogP contribution in [0.25, 0.3) is 0 Å². The Balaban J connectivity index is 3.14. The lowest BCUT2D eigenvalue weighted by molar-refractivity contribution is -0.116. The summed E-state index contributed by atoms with van der Waals surface area (Å²) in [4.78, 5) is 11.4. The second-order valence-electron chi connectivity index (χ2n) is 6.77. The molecule has 0 bridgehead atoms. The van der Waals surface area contributed by atoms with Crippen LogP contribution in [0.1, 0.15) is 104 Å². The van der Waals surface area contributed by atoms with Crippen molar-refractivity contribution >= 4 is 5.91 Å². The first-order valence-electron chi connectivity index (χ1n) is 10.4. The van der Waals surface area contributed by atoms with E-state index in [0.29, 0.717) is 0 Å². The molecule has 2 nitrogen and oxygen atoms in total. The molecular weight excluding hydrogens is 294 g/mol. The molecule has 2 heteroatoms. The van der Waals surface area contributed by atoms with E-state index in [2.05, 4.69) is 12.2 Å². The molecule has 0 radical (unpaired) electrons. The first-order valence-corrected chi connectivity index (χ1v) is 10.4. The van der Waals surface area contributed by atoms with Crippen molar-refractivity contribution in [3.63, 3.8) is 0 Å². The van der Waals surface area contributed by atoms with Gasteiger partial charge in [-0.1, -0.05) is 109 Å². The van der Waals surface area contributed by atoms with Gasteiger partial charge in [-0.15, -0.1) is 0 Å². The standard InChI is InChI=1S/C22H41NO/c1-3-5-7-8-9-10-11-12-13-14-15-16-17-19-21-23-22(24)20-18-6-4-2/h4,6,18,20H,3,5,7-17,19,21H2,1-2H3,(H,23,24)/b6-4+,20-18+. The van der Waals surface area contributed by atoms with Crippen LogP contribution in [0.3, 0.4) is 0 Å². The van der Waals surface area contributed by atoms with Gasteiger partial charge in [0.15, 0.2) is 0 Å². The fourth-order valence-corrected chi connectivity index (χ4v) is 2.84. The minimum Gasteiger partial charge on any atom is -0.353 e. The molecule has 0 saturated carbocycles. The first kappa shape index (κ1) is 22.9. The van der Waals surface area contributed by atoms with Crippen molar-refractivity contribution < 1.29 is 4.79 Å². The Morgan fingerprint density at radius 3 is 1.62 bits per heavy atom. The van der Waals surface area contributed by atoms with Gasteiger partial charge in [-0.25, -0.2) is 0 Å². The van der Waals surface area contributed by atoms with Crippen molar-refractivity contribution in [1.82, 2.24) is 5.32 Å². The summed E-state index contributed by atoms with van der Waals surface area (Å²) >= 11 is 0. The van der Waals surface area contributed by atoms with Crippen LogP contribution >= 0.6 is 0 Å².